The average molecular weight is 393 g/mol. The molecular formula is C4H10B4Li12O13. The van der Waals surface area contributed by atoms with Gasteiger partial charge in [0.2, 0.25) is 0 Å². The van der Waals surface area contributed by atoms with Crippen molar-refractivity contribution in [3.8, 4) is 0 Å². The van der Waals surface area contributed by atoms with Crippen molar-refractivity contribution >= 4 is 29.3 Å². The first-order valence-electron chi connectivity index (χ1n) is 4.82. The van der Waals surface area contributed by atoms with Crippen LogP contribution in [0.15, 0.2) is 0 Å². The number of hydrogen-bond acceptors (Lipinski definition) is 13. The predicted molar refractivity (Wildman–Crippen MR) is 45.2 cm³/mol. The maximum atomic E-state index is 8.42. The van der Waals surface area contributed by atoms with E-state index in [2.05, 4.69) is 0 Å². The Bertz CT molecular complexity index is 132. The summed E-state index contributed by atoms with van der Waals surface area (Å²) in [6, 6.07) is 0. The minimum Gasteiger partial charge on any atom is -0.907 e. The fourth-order valence-electron chi connectivity index (χ4n) is 0.204. The molecule has 0 aliphatic carbocycles. The van der Waals surface area contributed by atoms with E-state index in [0.717, 1.165) is 13.2 Å². The van der Waals surface area contributed by atoms with Crippen molar-refractivity contribution in [2.45, 2.75) is 13.8 Å². The third kappa shape index (κ3) is 668. The van der Waals surface area contributed by atoms with Crippen molar-refractivity contribution in [2.24, 2.45) is 0 Å². The summed E-state index contributed by atoms with van der Waals surface area (Å²) in [5.74, 6) is 0. The SMILES string of the molecule is CCOCC.[Li+].[Li+].[Li+].[Li+].[Li+].[Li+].[Li+].[Li+].[Li+].[Li+].[Li+].[Li+].[O-]B([O-])[O-].[O-]B([O-])[O-].[O-]B([O-])[O-].[O-]B([O-])[O-]. The standard InChI is InChI=1S/C4H10O.4BO3.12Li/c1-3-5-4-2;4*2-1(3)4;;;;;;;;;;;;/h3-4H2,1-2H3;;;;;;;;;;;;;;;;/q;4*-3;12*+1. The van der Waals surface area contributed by atoms with Crippen LogP contribution in [0.3, 0.4) is 0 Å². The molecule has 0 radical (unpaired) electrons. The van der Waals surface area contributed by atoms with E-state index in [9.17, 15) is 0 Å². The third-order valence-electron chi connectivity index (χ3n) is 0.408. The molecule has 0 unspecified atom stereocenters. The van der Waals surface area contributed by atoms with Gasteiger partial charge in [0, 0.05) is 13.2 Å². The smallest absolute Gasteiger partial charge is 0.907 e. The summed E-state index contributed by atoms with van der Waals surface area (Å²) in [4.78, 5) is 0. The molecule has 33 heavy (non-hydrogen) atoms. The Morgan fingerprint density at radius 2 is 0.394 bits per heavy atom. The first-order chi connectivity index (χ1) is 9.34. The maximum Gasteiger partial charge on any atom is 1.00 e. The minimum atomic E-state index is -2.92. The normalized spacial score (nSPS) is 4.55. The Kier molecular flexibility index (Phi) is 406. The van der Waals surface area contributed by atoms with Crippen LogP contribution in [-0.2, 0) is 4.74 Å². The zero-order chi connectivity index (χ0) is 18.4. The van der Waals surface area contributed by atoms with Gasteiger partial charge < -0.3 is 65.0 Å². The van der Waals surface area contributed by atoms with Crippen molar-refractivity contribution in [3.63, 3.8) is 0 Å². The number of rotatable bonds is 2. The molecule has 13 nitrogen and oxygen atoms in total. The molecule has 0 heterocycles. The minimum absolute atomic E-state index is 0. The van der Waals surface area contributed by atoms with E-state index in [1.54, 1.807) is 0 Å². The van der Waals surface area contributed by atoms with Crippen LogP contribution < -0.4 is 287 Å². The molecule has 128 valence electrons. The van der Waals surface area contributed by atoms with Gasteiger partial charge in [0.25, 0.3) is 0 Å². The van der Waals surface area contributed by atoms with E-state index < -0.39 is 29.3 Å². The molecule has 0 fully saturated rings. The molecule has 0 atom stereocenters. The summed E-state index contributed by atoms with van der Waals surface area (Å²) < 4.78 is 4.83. The van der Waals surface area contributed by atoms with Crippen LogP contribution >= 0.6 is 0 Å². The second kappa shape index (κ2) is 116. The van der Waals surface area contributed by atoms with Crippen molar-refractivity contribution in [3.05, 3.63) is 0 Å². The maximum absolute atomic E-state index is 8.42. The predicted octanol–water partition coefficient (Wildman–Crippen LogP) is -50.7. The Labute approximate surface area is 342 Å². The molecule has 0 aliphatic heterocycles. The van der Waals surface area contributed by atoms with Crippen molar-refractivity contribution in [2.75, 3.05) is 13.2 Å². The summed E-state index contributed by atoms with van der Waals surface area (Å²) in [5, 5.41) is 101. The van der Waals surface area contributed by atoms with Gasteiger partial charge >= 0.3 is 226 Å². The molecule has 0 saturated heterocycles. The summed E-state index contributed by atoms with van der Waals surface area (Å²) in [6.45, 7) is 5.67. The first kappa shape index (κ1) is 115. The quantitative estimate of drug-likeness (QED) is 0.394. The van der Waals surface area contributed by atoms with E-state index in [4.69, 9.17) is 65.0 Å². The van der Waals surface area contributed by atoms with Crippen LogP contribution in [0.4, 0.5) is 0 Å². The Morgan fingerprint density at radius 3 is 0.394 bits per heavy atom. The van der Waals surface area contributed by atoms with Gasteiger partial charge in [0.15, 0.2) is 0 Å². The van der Waals surface area contributed by atoms with Crippen LogP contribution in [0.1, 0.15) is 13.8 Å². The van der Waals surface area contributed by atoms with Gasteiger partial charge in [0.05, 0.1) is 0 Å². The van der Waals surface area contributed by atoms with Crippen LogP contribution in [0, 0.1) is 0 Å². The van der Waals surface area contributed by atoms with Crippen LogP contribution in [0.5, 0.6) is 0 Å². The van der Waals surface area contributed by atoms with Gasteiger partial charge in [-0.1, -0.05) is 0 Å². The fourth-order valence-corrected chi connectivity index (χ4v) is 0.204. The molecule has 0 spiro atoms. The van der Waals surface area contributed by atoms with E-state index in [0.29, 0.717) is 0 Å². The van der Waals surface area contributed by atoms with Crippen LogP contribution in [0.2, 0.25) is 0 Å². The van der Waals surface area contributed by atoms with Gasteiger partial charge in [-0.2, -0.15) is 0 Å². The molecule has 0 bridgehead atoms. The Hall–Kier alpha value is 6.91. The Morgan fingerprint density at radius 1 is 0.333 bits per heavy atom. The number of ether oxygens (including phenoxy) is 1. The van der Waals surface area contributed by atoms with E-state index in [1.807, 2.05) is 13.8 Å². The van der Waals surface area contributed by atoms with Crippen LogP contribution in [0.25, 0.3) is 0 Å². The summed E-state index contributed by atoms with van der Waals surface area (Å²) in [6.07, 6.45) is 0. The van der Waals surface area contributed by atoms with Crippen molar-refractivity contribution in [1.82, 2.24) is 0 Å². The number of hydrogen-bond donors (Lipinski definition) is 0. The zero-order valence-corrected chi connectivity index (χ0v) is 23.0. The zero-order valence-electron chi connectivity index (χ0n) is 23.0. The van der Waals surface area contributed by atoms with E-state index in [-0.39, 0.29) is 226 Å². The molecule has 0 N–H and O–H groups in total. The van der Waals surface area contributed by atoms with E-state index in [1.165, 1.54) is 0 Å². The molecule has 0 aromatic rings. The molecule has 0 aromatic heterocycles. The molecule has 0 aliphatic rings. The van der Waals surface area contributed by atoms with Gasteiger partial charge in [-0.3, -0.25) is 29.3 Å². The molecule has 0 amide bonds. The second-order valence-electron chi connectivity index (χ2n) is 1.94. The summed E-state index contributed by atoms with van der Waals surface area (Å²) >= 11 is 0. The van der Waals surface area contributed by atoms with Crippen LogP contribution in [-0.4, -0.2) is 42.5 Å². The molecule has 0 saturated carbocycles. The second-order valence-corrected chi connectivity index (χ2v) is 1.94. The molecular weight excluding hydrogens is 383 g/mol. The van der Waals surface area contributed by atoms with Gasteiger partial charge in [-0.05, 0) is 13.8 Å². The third-order valence-corrected chi connectivity index (χ3v) is 0.408. The topological polar surface area (TPSA) is 286 Å². The molecule has 0 rings (SSSR count). The fraction of sp³-hybridized carbons (Fsp3) is 1.00. The first-order valence-corrected chi connectivity index (χ1v) is 4.82. The monoisotopic (exact) mass is 394 g/mol. The van der Waals surface area contributed by atoms with Crippen molar-refractivity contribution in [1.29, 1.82) is 0 Å². The Balaban J connectivity index is -0.00000000594. The largest absolute Gasteiger partial charge is 1.00 e. The van der Waals surface area contributed by atoms with Gasteiger partial charge in [-0.15, -0.1) is 0 Å². The van der Waals surface area contributed by atoms with Gasteiger partial charge in [0.1, 0.15) is 0 Å². The summed E-state index contributed by atoms with van der Waals surface area (Å²) in [5.41, 5.74) is 0. The van der Waals surface area contributed by atoms with Crippen molar-refractivity contribution < 1.29 is 291 Å². The average Bonchev–Trinajstić information content (AvgIpc) is 2.14. The summed E-state index contributed by atoms with van der Waals surface area (Å²) in [7, 11) is -11.7. The van der Waals surface area contributed by atoms with E-state index >= 15 is 0 Å². The molecule has 0 aromatic carbocycles. The molecule has 29 heteroatoms. The van der Waals surface area contributed by atoms with Gasteiger partial charge in [-0.25, -0.2) is 0 Å².